The predicted molar refractivity (Wildman–Crippen MR) is 165 cm³/mol. The first-order valence-corrected chi connectivity index (χ1v) is 17.9. The van der Waals surface area contributed by atoms with Crippen LogP contribution in [0.15, 0.2) is 57.9 Å². The van der Waals surface area contributed by atoms with Gasteiger partial charge in [0.15, 0.2) is 31.1 Å². The van der Waals surface area contributed by atoms with E-state index in [9.17, 15) is 26.5 Å². The maximum Gasteiger partial charge on any atom is 0.317 e. The molecule has 240 valence electrons. The molecule has 1 amide bonds. The molecule has 1 atom stereocenters. The molecular formula is C28H33N7O8S2. The molecule has 0 radical (unpaired) electrons. The van der Waals surface area contributed by atoms with Gasteiger partial charge in [-0.15, -0.1) is 4.91 Å². The highest BCUT2D eigenvalue weighted by Gasteiger charge is 2.46. The summed E-state index contributed by atoms with van der Waals surface area (Å²) in [7, 11) is -5.61. The number of carbonyl (C=O) groups excluding carboxylic acids is 1. The Morgan fingerprint density at radius 1 is 1.07 bits per heavy atom. The van der Waals surface area contributed by atoms with Crippen LogP contribution in [0, 0.1) is 16.2 Å². The number of nitroso groups, excluding NO2 is 1. The van der Waals surface area contributed by atoms with Crippen LogP contribution in [0.4, 0.5) is 5.82 Å². The van der Waals surface area contributed by atoms with Gasteiger partial charge in [-0.05, 0) is 55.9 Å². The van der Waals surface area contributed by atoms with Gasteiger partial charge < -0.3 is 9.47 Å². The van der Waals surface area contributed by atoms with Gasteiger partial charge in [0.05, 0.1) is 36.2 Å². The molecule has 1 unspecified atom stereocenters. The number of aromatic nitrogens is 4. The summed E-state index contributed by atoms with van der Waals surface area (Å²) in [6, 6.07) is 6.23. The average Bonchev–Trinajstić information content (AvgIpc) is 3.62. The number of rotatable bonds is 10. The quantitative estimate of drug-likeness (QED) is 0.249. The Balaban J connectivity index is 1.49. The number of aliphatic imine (C=N–C) groups is 1. The number of methoxy groups -OCH3 is 1. The molecule has 0 spiro atoms. The second-order valence-electron chi connectivity index (χ2n) is 11.3. The molecular weight excluding hydrogens is 626 g/mol. The van der Waals surface area contributed by atoms with Crippen LogP contribution in [0.3, 0.4) is 0 Å². The van der Waals surface area contributed by atoms with E-state index in [2.05, 4.69) is 15.4 Å². The minimum Gasteiger partial charge on any atom is -0.382 e. The smallest absolute Gasteiger partial charge is 0.317 e. The number of ether oxygens (including phenoxy) is 2. The maximum atomic E-state index is 12.9. The molecule has 2 aromatic heterocycles. The van der Waals surface area contributed by atoms with Crippen molar-refractivity contribution in [2.75, 3.05) is 32.8 Å². The lowest BCUT2D eigenvalue weighted by Crippen LogP contribution is -2.46. The summed E-state index contributed by atoms with van der Waals surface area (Å²) in [5.74, 6) is -1.12. The van der Waals surface area contributed by atoms with Gasteiger partial charge in [0.2, 0.25) is 0 Å². The highest BCUT2D eigenvalue weighted by atomic mass is 32.2. The third-order valence-corrected chi connectivity index (χ3v) is 10.8. The van der Waals surface area contributed by atoms with Gasteiger partial charge in [0.25, 0.3) is 0 Å². The molecule has 17 heteroatoms. The van der Waals surface area contributed by atoms with E-state index in [0.29, 0.717) is 35.4 Å². The zero-order valence-electron chi connectivity index (χ0n) is 24.9. The van der Waals surface area contributed by atoms with Crippen molar-refractivity contribution in [2.45, 2.75) is 47.9 Å². The first kappa shape index (κ1) is 32.5. The summed E-state index contributed by atoms with van der Waals surface area (Å²) in [6.45, 7) is 0.340. The van der Waals surface area contributed by atoms with E-state index in [-0.39, 0.29) is 54.9 Å². The van der Waals surface area contributed by atoms with Crippen LogP contribution < -0.4 is 0 Å². The Kier molecular flexibility index (Phi) is 8.99. The SMILES string of the molecule is COCCOC1(C(=O)N=O)CCC(C2=Nc3c(-c4cnn(-c5ccc(S(C)(=O)=O)cc5)c4)cnn3C(=N)C(S(C)(=O)=O)C2)CC1. The fourth-order valence-corrected chi connectivity index (χ4v) is 7.35. The third-order valence-electron chi connectivity index (χ3n) is 8.26. The summed E-state index contributed by atoms with van der Waals surface area (Å²) in [5, 5.41) is 19.0. The Morgan fingerprint density at radius 3 is 2.36 bits per heavy atom. The number of hydrogen-bond donors (Lipinski definition) is 1. The number of benzene rings is 1. The maximum absolute atomic E-state index is 12.9. The van der Waals surface area contributed by atoms with E-state index in [0.717, 1.165) is 12.5 Å². The molecule has 15 nitrogen and oxygen atoms in total. The molecule has 3 aromatic rings. The van der Waals surface area contributed by atoms with Crippen molar-refractivity contribution < 1.29 is 31.1 Å². The van der Waals surface area contributed by atoms with Crippen molar-refractivity contribution in [1.29, 1.82) is 5.41 Å². The first-order valence-electron chi connectivity index (χ1n) is 14.1. The second-order valence-corrected chi connectivity index (χ2v) is 15.5. The topological polar surface area (TPSA) is 205 Å². The van der Waals surface area contributed by atoms with E-state index in [1.807, 2.05) is 0 Å². The molecule has 2 aliphatic rings. The summed E-state index contributed by atoms with van der Waals surface area (Å²) in [6.07, 6.45) is 8.06. The molecule has 1 N–H and O–H groups in total. The first-order chi connectivity index (χ1) is 21.3. The lowest BCUT2D eigenvalue weighted by molar-refractivity contribution is -0.151. The fraction of sp³-hybridized carbons (Fsp3) is 0.464. The normalized spacial score (nSPS) is 22.4. The minimum atomic E-state index is -3.74. The highest BCUT2D eigenvalue weighted by Crippen LogP contribution is 2.40. The molecule has 0 bridgehead atoms. The van der Waals surface area contributed by atoms with Gasteiger partial charge in [-0.25, -0.2) is 26.5 Å². The lowest BCUT2D eigenvalue weighted by atomic mass is 9.75. The Hall–Kier alpha value is -3.93. The predicted octanol–water partition coefficient (Wildman–Crippen LogP) is 2.74. The largest absolute Gasteiger partial charge is 0.382 e. The molecule has 1 fully saturated rings. The van der Waals surface area contributed by atoms with Crippen LogP contribution >= 0.6 is 0 Å². The van der Waals surface area contributed by atoms with E-state index in [1.54, 1.807) is 29.2 Å². The van der Waals surface area contributed by atoms with Crippen molar-refractivity contribution in [3.63, 3.8) is 0 Å². The van der Waals surface area contributed by atoms with Crippen LogP contribution in [0.2, 0.25) is 0 Å². The van der Waals surface area contributed by atoms with Crippen LogP contribution in [-0.2, 0) is 33.9 Å². The van der Waals surface area contributed by atoms with Gasteiger partial charge in [0.1, 0.15) is 11.1 Å². The average molecular weight is 660 g/mol. The van der Waals surface area contributed by atoms with Crippen LogP contribution in [0.5, 0.6) is 0 Å². The summed E-state index contributed by atoms with van der Waals surface area (Å²) < 4.78 is 63.0. The number of carbonyl (C=O) groups is 1. The number of nitrogens with zero attached hydrogens (tertiary/aromatic N) is 6. The van der Waals surface area contributed by atoms with Crippen LogP contribution in [0.25, 0.3) is 16.8 Å². The standard InChI is InChI=1S/C28H33N7O8S2/c1-42-12-13-43-28(27(36)33-37)10-8-18(9-11-28)23-14-24(45(3,40)41)25(29)35-26(32-23)22(16-31-35)19-15-30-34(17-19)20-4-6-21(7-5-20)44(2,38)39/h4-7,15-18,24,29H,8-14H2,1-3H3. The van der Waals surface area contributed by atoms with Crippen molar-refractivity contribution in [1.82, 2.24) is 19.6 Å². The molecule has 1 aliphatic carbocycles. The molecule has 3 heterocycles. The second kappa shape index (κ2) is 12.5. The third kappa shape index (κ3) is 6.56. The Labute approximate surface area is 260 Å². The Bertz CT molecular complexity index is 1870. The van der Waals surface area contributed by atoms with Crippen LogP contribution in [-0.4, -0.2) is 97.5 Å². The summed E-state index contributed by atoms with van der Waals surface area (Å²) >= 11 is 0. The van der Waals surface area contributed by atoms with E-state index < -0.39 is 36.4 Å². The number of nitrogens with one attached hydrogen (secondary N) is 1. The van der Waals surface area contributed by atoms with E-state index in [4.69, 9.17) is 19.9 Å². The number of hydrogen-bond acceptors (Lipinski definition) is 12. The van der Waals surface area contributed by atoms with Gasteiger partial charge in [-0.3, -0.25) is 10.2 Å². The summed E-state index contributed by atoms with van der Waals surface area (Å²) in [4.78, 5) is 28.8. The van der Waals surface area contributed by atoms with Crippen molar-refractivity contribution >= 4 is 42.9 Å². The summed E-state index contributed by atoms with van der Waals surface area (Å²) in [5.41, 5.74) is 0.870. The Morgan fingerprint density at radius 2 is 1.76 bits per heavy atom. The van der Waals surface area contributed by atoms with Crippen LogP contribution in [0.1, 0.15) is 32.1 Å². The lowest BCUT2D eigenvalue weighted by Gasteiger charge is -2.37. The highest BCUT2D eigenvalue weighted by molar-refractivity contribution is 7.92. The van der Waals surface area contributed by atoms with Crippen molar-refractivity contribution in [3.8, 4) is 16.8 Å². The molecule has 1 aliphatic heterocycles. The zero-order valence-corrected chi connectivity index (χ0v) is 26.5. The molecule has 1 saturated carbocycles. The van der Waals surface area contributed by atoms with Gasteiger partial charge in [0, 0.05) is 54.3 Å². The van der Waals surface area contributed by atoms with Crippen molar-refractivity contribution in [2.24, 2.45) is 16.1 Å². The molecule has 5 rings (SSSR count). The van der Waals surface area contributed by atoms with E-state index >= 15 is 0 Å². The van der Waals surface area contributed by atoms with Crippen molar-refractivity contribution in [3.05, 3.63) is 47.8 Å². The zero-order chi connectivity index (χ0) is 32.6. The monoisotopic (exact) mass is 659 g/mol. The molecule has 45 heavy (non-hydrogen) atoms. The van der Waals surface area contributed by atoms with Gasteiger partial charge in [-0.2, -0.15) is 14.9 Å². The number of fused-ring (bicyclic) bond motifs is 1. The van der Waals surface area contributed by atoms with E-state index in [1.165, 1.54) is 30.1 Å². The fourth-order valence-electron chi connectivity index (χ4n) is 5.74. The molecule has 1 aromatic carbocycles. The van der Waals surface area contributed by atoms with Gasteiger partial charge >= 0.3 is 5.91 Å². The molecule has 0 saturated heterocycles. The van der Waals surface area contributed by atoms with Gasteiger partial charge in [-0.1, -0.05) is 0 Å². The minimum absolute atomic E-state index is 0.0332. The number of amides is 1. The number of sulfone groups is 2.